The van der Waals surface area contributed by atoms with E-state index >= 15 is 4.39 Å². The van der Waals surface area contributed by atoms with Crippen LogP contribution in [0.3, 0.4) is 0 Å². The number of fused-ring (bicyclic) bond motifs is 2. The number of carbonyl (C=O) groups is 1. The quantitative estimate of drug-likeness (QED) is 0.280. The molecular formula is C32H45FN4O4. The summed E-state index contributed by atoms with van der Waals surface area (Å²) < 4.78 is 28.9. The van der Waals surface area contributed by atoms with Crippen LogP contribution in [0.1, 0.15) is 96.2 Å². The lowest BCUT2D eigenvalue weighted by molar-refractivity contribution is -0.160. The van der Waals surface area contributed by atoms with E-state index in [2.05, 4.69) is 33.0 Å². The van der Waals surface area contributed by atoms with Gasteiger partial charge in [0.1, 0.15) is 0 Å². The highest BCUT2D eigenvalue weighted by Gasteiger charge is 2.34. The molecule has 2 atom stereocenters. The first-order valence-electron chi connectivity index (χ1n) is 14.6. The van der Waals surface area contributed by atoms with Gasteiger partial charge in [0.15, 0.2) is 29.1 Å². The van der Waals surface area contributed by atoms with Gasteiger partial charge in [-0.3, -0.25) is 0 Å². The summed E-state index contributed by atoms with van der Waals surface area (Å²) in [5.74, 6) is -0.189. The Labute approximate surface area is 242 Å². The van der Waals surface area contributed by atoms with E-state index in [0.29, 0.717) is 52.9 Å². The van der Waals surface area contributed by atoms with E-state index in [1.165, 1.54) is 6.07 Å². The van der Waals surface area contributed by atoms with E-state index < -0.39 is 23.5 Å². The fraction of sp³-hybridized carbons (Fsp3) is 0.594. The number of ether oxygens (including phenoxy) is 2. The van der Waals surface area contributed by atoms with Crippen molar-refractivity contribution in [1.82, 2.24) is 14.6 Å². The Bertz CT molecular complexity index is 1430. The minimum Gasteiger partial charge on any atom is -0.490 e. The van der Waals surface area contributed by atoms with Crippen molar-refractivity contribution in [3.8, 4) is 17.0 Å². The van der Waals surface area contributed by atoms with E-state index in [0.717, 1.165) is 36.9 Å². The molecule has 0 saturated heterocycles. The molecule has 0 fully saturated rings. The molecule has 0 bridgehead atoms. The first-order valence-corrected chi connectivity index (χ1v) is 14.6. The molecule has 0 spiro atoms. The average molecular weight is 569 g/mol. The summed E-state index contributed by atoms with van der Waals surface area (Å²) in [5.41, 5.74) is 3.52. The van der Waals surface area contributed by atoms with Crippen molar-refractivity contribution >= 4 is 17.4 Å². The fourth-order valence-corrected chi connectivity index (χ4v) is 5.88. The Kier molecular flexibility index (Phi) is 8.69. The van der Waals surface area contributed by atoms with Crippen molar-refractivity contribution in [2.75, 3.05) is 18.5 Å². The molecule has 2 N–H and O–H groups in total. The second-order valence-corrected chi connectivity index (χ2v) is 13.6. The average Bonchev–Trinajstić information content (AvgIpc) is 3.24. The van der Waals surface area contributed by atoms with Gasteiger partial charge < -0.3 is 19.9 Å². The van der Waals surface area contributed by atoms with Gasteiger partial charge in [0.2, 0.25) is 0 Å². The molecule has 3 aromatic rings. The zero-order chi connectivity index (χ0) is 30.3. The van der Waals surface area contributed by atoms with Gasteiger partial charge in [-0.2, -0.15) is 0 Å². The van der Waals surface area contributed by atoms with Crippen molar-refractivity contribution < 1.29 is 23.8 Å². The lowest BCUT2D eigenvalue weighted by Crippen LogP contribution is -2.29. The Morgan fingerprint density at radius 2 is 1.93 bits per heavy atom. The minimum atomic E-state index is -1.34. The number of carboxylic acid groups (broad SMARTS) is 1. The van der Waals surface area contributed by atoms with Gasteiger partial charge in [-0.1, -0.05) is 27.7 Å². The van der Waals surface area contributed by atoms with Crippen LogP contribution >= 0.6 is 0 Å². The number of aliphatic carboxylic acids is 1. The minimum absolute atomic E-state index is 0.262. The number of hydrogen-bond donors (Lipinski definition) is 2. The first kappa shape index (κ1) is 30.8. The Morgan fingerprint density at radius 3 is 2.56 bits per heavy atom. The molecule has 8 nitrogen and oxygen atoms in total. The molecule has 4 rings (SSSR count). The normalized spacial score (nSPS) is 15.4. The molecule has 41 heavy (non-hydrogen) atoms. The topological polar surface area (TPSA) is 98.0 Å². The summed E-state index contributed by atoms with van der Waals surface area (Å²) in [6, 6.07) is 3.28. The van der Waals surface area contributed by atoms with Crippen LogP contribution in [0.4, 0.5) is 10.2 Å². The summed E-state index contributed by atoms with van der Waals surface area (Å²) in [6.07, 6.45) is 2.21. The smallest absolute Gasteiger partial charge is 0.337 e. The SMILES string of the molecule is Cc1nc2cc(NCCC(C)CC(C)(C)C)nn2c(-c2cc(F)c3c(c2C)CCCO3)c1[C@H](OC(C)(C)C)C(=O)O. The van der Waals surface area contributed by atoms with E-state index in [9.17, 15) is 9.90 Å². The maximum Gasteiger partial charge on any atom is 0.337 e. The Hall–Kier alpha value is -3.20. The molecule has 224 valence electrons. The second kappa shape index (κ2) is 11.6. The molecule has 3 heterocycles. The third kappa shape index (κ3) is 7.00. The summed E-state index contributed by atoms with van der Waals surface area (Å²) in [6.45, 7) is 19.3. The van der Waals surface area contributed by atoms with Gasteiger partial charge in [0, 0.05) is 35.0 Å². The van der Waals surface area contributed by atoms with Crippen molar-refractivity contribution in [3.63, 3.8) is 0 Å². The molecular weight excluding hydrogens is 523 g/mol. The number of rotatable bonds is 9. The molecule has 1 aliphatic heterocycles. The van der Waals surface area contributed by atoms with Crippen LogP contribution in [0.15, 0.2) is 12.1 Å². The van der Waals surface area contributed by atoms with Gasteiger partial charge in [0.05, 0.1) is 17.9 Å². The largest absolute Gasteiger partial charge is 0.490 e. The van der Waals surface area contributed by atoms with Crippen molar-refractivity contribution in [2.45, 2.75) is 99.7 Å². The predicted molar refractivity (Wildman–Crippen MR) is 159 cm³/mol. The highest BCUT2D eigenvalue weighted by Crippen LogP contribution is 2.41. The molecule has 0 amide bonds. The Balaban J connectivity index is 1.87. The van der Waals surface area contributed by atoms with Crippen molar-refractivity contribution in [1.29, 1.82) is 0 Å². The molecule has 1 aromatic carbocycles. The number of carboxylic acids is 1. The number of nitrogens with one attached hydrogen (secondary N) is 1. The van der Waals surface area contributed by atoms with E-state index in [-0.39, 0.29) is 11.2 Å². The number of aromatic nitrogens is 3. The van der Waals surface area contributed by atoms with Gasteiger partial charge in [-0.15, -0.1) is 5.10 Å². The lowest BCUT2D eigenvalue weighted by Gasteiger charge is -2.28. The zero-order valence-corrected chi connectivity index (χ0v) is 25.9. The van der Waals surface area contributed by atoms with Crippen LogP contribution < -0.4 is 10.1 Å². The summed E-state index contributed by atoms with van der Waals surface area (Å²) in [5, 5.41) is 18.6. The standard InChI is InChI=1S/C32H45FN4O4/c1-18(17-31(4,5)6)12-13-34-24-16-25-35-20(3)26(29(30(38)39)41-32(7,8)9)27(37(25)36-24)22-15-23(33)28-21(19(22)2)11-10-14-40-28/h15-16,18,29H,10-14,17H2,1-9H3,(H,34,36)(H,38,39)/t18?,29-/m0/s1. The number of anilines is 1. The zero-order valence-electron chi connectivity index (χ0n) is 25.9. The van der Waals surface area contributed by atoms with Gasteiger partial charge >= 0.3 is 5.97 Å². The predicted octanol–water partition coefficient (Wildman–Crippen LogP) is 7.29. The van der Waals surface area contributed by atoms with Crippen LogP contribution in [0.2, 0.25) is 0 Å². The van der Waals surface area contributed by atoms with Crippen LogP contribution in [0.5, 0.6) is 5.75 Å². The monoisotopic (exact) mass is 568 g/mol. The van der Waals surface area contributed by atoms with E-state index in [4.69, 9.17) is 19.6 Å². The highest BCUT2D eigenvalue weighted by molar-refractivity contribution is 5.82. The van der Waals surface area contributed by atoms with Crippen LogP contribution in [-0.2, 0) is 16.0 Å². The molecule has 2 aromatic heterocycles. The van der Waals surface area contributed by atoms with Crippen molar-refractivity contribution in [2.24, 2.45) is 11.3 Å². The summed E-state index contributed by atoms with van der Waals surface area (Å²) in [4.78, 5) is 17.4. The number of nitrogens with zero attached hydrogens (tertiary/aromatic N) is 3. The lowest BCUT2D eigenvalue weighted by atomic mass is 9.84. The highest BCUT2D eigenvalue weighted by atomic mass is 19.1. The van der Waals surface area contributed by atoms with Gasteiger partial charge in [0.25, 0.3) is 0 Å². The van der Waals surface area contributed by atoms with Gasteiger partial charge in [-0.05, 0) is 83.3 Å². The molecule has 9 heteroatoms. The molecule has 0 aliphatic carbocycles. The van der Waals surface area contributed by atoms with E-state index in [1.807, 2.05) is 33.8 Å². The number of halogens is 1. The third-order valence-electron chi connectivity index (χ3n) is 7.38. The summed E-state index contributed by atoms with van der Waals surface area (Å²) >= 11 is 0. The molecule has 1 aliphatic rings. The number of hydrogen-bond acceptors (Lipinski definition) is 6. The number of aryl methyl sites for hydroxylation is 1. The number of benzene rings is 1. The first-order chi connectivity index (χ1) is 19.1. The van der Waals surface area contributed by atoms with Gasteiger partial charge in [-0.25, -0.2) is 18.7 Å². The molecule has 0 saturated carbocycles. The van der Waals surface area contributed by atoms with Crippen LogP contribution in [-0.4, -0.2) is 44.4 Å². The van der Waals surface area contributed by atoms with E-state index in [1.54, 1.807) is 11.4 Å². The molecule has 1 unspecified atom stereocenters. The second-order valence-electron chi connectivity index (χ2n) is 13.6. The third-order valence-corrected chi connectivity index (χ3v) is 7.38. The maximum atomic E-state index is 15.5. The fourth-order valence-electron chi connectivity index (χ4n) is 5.88. The summed E-state index contributed by atoms with van der Waals surface area (Å²) in [7, 11) is 0. The van der Waals surface area contributed by atoms with Crippen LogP contribution in [0.25, 0.3) is 16.9 Å². The van der Waals surface area contributed by atoms with Crippen LogP contribution in [0, 0.1) is 31.0 Å². The Morgan fingerprint density at radius 1 is 1.22 bits per heavy atom. The van der Waals surface area contributed by atoms with Crippen molar-refractivity contribution in [3.05, 3.63) is 40.3 Å². The maximum absolute atomic E-state index is 15.5. The molecule has 0 radical (unpaired) electrons.